The molecular weight excluding hydrogens is 424 g/mol. The summed E-state index contributed by atoms with van der Waals surface area (Å²) in [5.41, 5.74) is 1.53. The smallest absolute Gasteiger partial charge is 0.338 e. The fourth-order valence-electron chi connectivity index (χ4n) is 2.77. The van der Waals surface area contributed by atoms with E-state index in [0.717, 1.165) is 11.5 Å². The fraction of sp³-hybridized carbons (Fsp3) is 0.412. The maximum absolute atomic E-state index is 12.7. The van der Waals surface area contributed by atoms with Crippen LogP contribution in [0.5, 0.6) is 11.5 Å². The normalized spacial score (nSPS) is 18.4. The van der Waals surface area contributed by atoms with Gasteiger partial charge in [0.05, 0.1) is 11.6 Å². The van der Waals surface area contributed by atoms with E-state index in [2.05, 4.69) is 26.6 Å². The predicted molar refractivity (Wildman–Crippen MR) is 101 cm³/mol. The van der Waals surface area contributed by atoms with E-state index < -0.39 is 12.0 Å². The van der Waals surface area contributed by atoms with E-state index >= 15 is 0 Å². The number of benzene rings is 1. The van der Waals surface area contributed by atoms with Gasteiger partial charge in [0.15, 0.2) is 11.5 Å². The van der Waals surface area contributed by atoms with E-state index in [-0.39, 0.29) is 12.8 Å². The van der Waals surface area contributed by atoms with Crippen molar-refractivity contribution in [2.75, 3.05) is 24.9 Å². The molecule has 3 rings (SSSR count). The zero-order valence-corrected chi connectivity index (χ0v) is 16.8. The van der Waals surface area contributed by atoms with Gasteiger partial charge >= 0.3 is 12.0 Å². The molecule has 2 heterocycles. The summed E-state index contributed by atoms with van der Waals surface area (Å²) in [6.07, 6.45) is 0. The highest BCUT2D eigenvalue weighted by molar-refractivity contribution is 9.10. The number of urea groups is 1. The van der Waals surface area contributed by atoms with Crippen molar-refractivity contribution in [1.29, 1.82) is 0 Å². The van der Waals surface area contributed by atoms with Crippen LogP contribution in [0.1, 0.15) is 25.5 Å². The van der Waals surface area contributed by atoms with Crippen molar-refractivity contribution >= 4 is 39.7 Å². The summed E-state index contributed by atoms with van der Waals surface area (Å²) in [6, 6.07) is 2.49. The number of esters is 1. The summed E-state index contributed by atoms with van der Waals surface area (Å²) in [5, 5.41) is 5.42. The first kappa shape index (κ1) is 18.9. The van der Waals surface area contributed by atoms with E-state index in [1.807, 2.05) is 6.92 Å². The molecule has 0 saturated heterocycles. The number of carbonyl (C=O) groups excluding carboxylic acids is 2. The molecule has 140 valence electrons. The third kappa shape index (κ3) is 3.93. The van der Waals surface area contributed by atoms with Gasteiger partial charge in [0, 0.05) is 15.9 Å². The Morgan fingerprint density at radius 3 is 2.85 bits per heavy atom. The molecule has 0 bridgehead atoms. The minimum atomic E-state index is -0.654. The third-order valence-corrected chi connectivity index (χ3v) is 5.51. The number of hydrogen-bond donors (Lipinski definition) is 2. The van der Waals surface area contributed by atoms with Crippen molar-refractivity contribution in [2.24, 2.45) is 0 Å². The number of fused-ring (bicyclic) bond motifs is 1. The van der Waals surface area contributed by atoms with Gasteiger partial charge < -0.3 is 24.8 Å². The molecule has 1 unspecified atom stereocenters. The Balaban J connectivity index is 1.90. The Bertz CT molecular complexity index is 768. The van der Waals surface area contributed by atoms with Gasteiger partial charge in [-0.2, -0.15) is 11.8 Å². The highest BCUT2D eigenvalue weighted by atomic mass is 79.9. The lowest BCUT2D eigenvalue weighted by atomic mass is 9.95. The Hall–Kier alpha value is -1.87. The Morgan fingerprint density at radius 1 is 1.38 bits per heavy atom. The molecule has 0 radical (unpaired) electrons. The van der Waals surface area contributed by atoms with Crippen molar-refractivity contribution in [3.63, 3.8) is 0 Å². The summed E-state index contributed by atoms with van der Waals surface area (Å²) in [7, 11) is 0. The lowest BCUT2D eigenvalue weighted by Crippen LogP contribution is -2.45. The second-order valence-electron chi connectivity index (χ2n) is 5.63. The molecule has 0 saturated carbocycles. The van der Waals surface area contributed by atoms with Gasteiger partial charge in [-0.15, -0.1) is 0 Å². The highest BCUT2D eigenvalue weighted by Gasteiger charge is 2.34. The van der Waals surface area contributed by atoms with Crippen LogP contribution >= 0.6 is 27.7 Å². The number of ether oxygens (including phenoxy) is 3. The molecule has 0 aromatic heterocycles. The summed E-state index contributed by atoms with van der Waals surface area (Å²) in [6.45, 7) is 4.19. The van der Waals surface area contributed by atoms with Gasteiger partial charge in [-0.1, -0.05) is 22.9 Å². The minimum Gasteiger partial charge on any atom is -0.461 e. The topological polar surface area (TPSA) is 85.9 Å². The quantitative estimate of drug-likeness (QED) is 0.519. The number of hydrogen-bond acceptors (Lipinski definition) is 6. The largest absolute Gasteiger partial charge is 0.461 e. The molecule has 0 aliphatic carbocycles. The van der Waals surface area contributed by atoms with Crippen LogP contribution < -0.4 is 20.1 Å². The molecule has 0 fully saturated rings. The molecule has 2 aliphatic rings. The van der Waals surface area contributed by atoms with E-state index in [9.17, 15) is 9.59 Å². The first-order valence-electron chi connectivity index (χ1n) is 8.13. The monoisotopic (exact) mass is 442 g/mol. The molecule has 2 aliphatic heterocycles. The fourth-order valence-corrected chi connectivity index (χ4v) is 3.81. The number of nitrogens with one attached hydrogen (secondary N) is 2. The Morgan fingerprint density at radius 2 is 2.12 bits per heavy atom. The van der Waals surface area contributed by atoms with Crippen LogP contribution in [0.3, 0.4) is 0 Å². The second-order valence-corrected chi connectivity index (χ2v) is 7.88. The van der Waals surface area contributed by atoms with Crippen LogP contribution in [0, 0.1) is 0 Å². The number of amides is 2. The van der Waals surface area contributed by atoms with Crippen molar-refractivity contribution < 1.29 is 23.8 Å². The first-order chi connectivity index (χ1) is 12.5. The summed E-state index contributed by atoms with van der Waals surface area (Å²) < 4.78 is 16.9. The van der Waals surface area contributed by atoms with Crippen molar-refractivity contribution in [2.45, 2.75) is 19.9 Å². The number of thioether (sulfide) groups is 1. The average molecular weight is 443 g/mol. The molecule has 1 aromatic carbocycles. The molecule has 2 amide bonds. The minimum absolute atomic E-state index is 0.142. The van der Waals surface area contributed by atoms with Crippen LogP contribution in [-0.4, -0.2) is 36.9 Å². The van der Waals surface area contributed by atoms with E-state index in [0.29, 0.717) is 39.4 Å². The Kier molecular flexibility index (Phi) is 5.98. The van der Waals surface area contributed by atoms with Gasteiger partial charge in [-0.25, -0.2) is 9.59 Å². The van der Waals surface area contributed by atoms with E-state index in [1.165, 1.54) is 0 Å². The average Bonchev–Trinajstić information content (AvgIpc) is 3.04. The number of rotatable bonds is 6. The molecular formula is C17H19BrN2O5S. The van der Waals surface area contributed by atoms with Crippen molar-refractivity contribution in [3.05, 3.63) is 33.4 Å². The van der Waals surface area contributed by atoms with Crippen LogP contribution in [0.25, 0.3) is 0 Å². The van der Waals surface area contributed by atoms with E-state index in [4.69, 9.17) is 14.2 Å². The van der Waals surface area contributed by atoms with Crippen LogP contribution in [0.15, 0.2) is 27.9 Å². The maximum atomic E-state index is 12.7. The zero-order valence-electron chi connectivity index (χ0n) is 14.4. The Labute approximate surface area is 163 Å². The molecule has 1 aromatic rings. The molecule has 26 heavy (non-hydrogen) atoms. The molecule has 9 heteroatoms. The SMILES string of the molecule is CCSCCOC(=O)C1=C(C)NC(=O)NC1c1cc2c(cc1Br)OCO2. The maximum Gasteiger partial charge on any atom is 0.338 e. The van der Waals surface area contributed by atoms with Gasteiger partial charge in [-0.05, 0) is 30.4 Å². The molecule has 7 nitrogen and oxygen atoms in total. The lowest BCUT2D eigenvalue weighted by Gasteiger charge is -2.28. The summed E-state index contributed by atoms with van der Waals surface area (Å²) >= 11 is 5.18. The van der Waals surface area contributed by atoms with Gasteiger partial charge in [-0.3, -0.25) is 0 Å². The molecule has 2 N–H and O–H groups in total. The van der Waals surface area contributed by atoms with E-state index in [1.54, 1.807) is 30.8 Å². The summed E-state index contributed by atoms with van der Waals surface area (Å²) in [5.74, 6) is 2.42. The first-order valence-corrected chi connectivity index (χ1v) is 10.1. The van der Waals surface area contributed by atoms with Crippen LogP contribution in [-0.2, 0) is 9.53 Å². The predicted octanol–water partition coefficient (Wildman–Crippen LogP) is 3.10. The summed E-state index contributed by atoms with van der Waals surface area (Å²) in [4.78, 5) is 24.6. The van der Waals surface area contributed by atoms with Crippen molar-refractivity contribution in [1.82, 2.24) is 10.6 Å². The van der Waals surface area contributed by atoms with Gasteiger partial charge in [0.2, 0.25) is 6.79 Å². The number of allylic oxidation sites excluding steroid dienone is 1. The number of carbonyl (C=O) groups is 2. The van der Waals surface area contributed by atoms with Crippen LogP contribution in [0.4, 0.5) is 4.79 Å². The number of halogens is 1. The highest BCUT2D eigenvalue weighted by Crippen LogP contribution is 2.41. The van der Waals surface area contributed by atoms with Crippen LogP contribution in [0.2, 0.25) is 0 Å². The van der Waals surface area contributed by atoms with Crippen molar-refractivity contribution in [3.8, 4) is 11.5 Å². The van der Waals surface area contributed by atoms with Gasteiger partial charge in [0.25, 0.3) is 0 Å². The van der Waals surface area contributed by atoms with Gasteiger partial charge in [0.1, 0.15) is 6.61 Å². The second kappa shape index (κ2) is 8.22. The standard InChI is InChI=1S/C17H19BrN2O5S/c1-3-26-5-4-23-16(21)14-9(2)19-17(22)20-15(14)10-6-12-13(7-11(10)18)25-8-24-12/h6-7,15H,3-5,8H2,1-2H3,(H2,19,20,22). The zero-order chi connectivity index (χ0) is 18.7. The third-order valence-electron chi connectivity index (χ3n) is 3.96. The molecule has 0 spiro atoms. The molecule has 1 atom stereocenters. The lowest BCUT2D eigenvalue weighted by molar-refractivity contribution is -0.138.